The minimum Gasteiger partial charge on any atom is -0.379 e. The first-order chi connectivity index (χ1) is 12.2. The van der Waals surface area contributed by atoms with Crippen LogP contribution < -0.4 is 5.32 Å². The molecule has 25 heavy (non-hydrogen) atoms. The molecule has 1 atom stereocenters. The molecule has 0 saturated carbocycles. The van der Waals surface area contributed by atoms with Gasteiger partial charge in [0.15, 0.2) is 5.96 Å². The topological polar surface area (TPSA) is 40.1 Å². The molecule has 0 aliphatic carbocycles. The number of nitrogens with one attached hydrogen (secondary N) is 1. The molecule has 1 aromatic rings. The predicted molar refractivity (Wildman–Crippen MR) is 103 cm³/mol. The molecule has 0 aromatic heterocycles. The van der Waals surface area contributed by atoms with E-state index < -0.39 is 0 Å². The van der Waals surface area contributed by atoms with Crippen LogP contribution in [0.25, 0.3) is 0 Å². The van der Waals surface area contributed by atoms with Crippen molar-refractivity contribution < 1.29 is 4.74 Å². The highest BCUT2D eigenvalue weighted by molar-refractivity contribution is 5.80. The Morgan fingerprint density at radius 2 is 2.04 bits per heavy atom. The highest BCUT2D eigenvalue weighted by Crippen LogP contribution is 2.16. The third kappa shape index (κ3) is 5.44. The van der Waals surface area contributed by atoms with Gasteiger partial charge >= 0.3 is 0 Å². The van der Waals surface area contributed by atoms with Crippen molar-refractivity contribution in [2.45, 2.75) is 32.9 Å². The van der Waals surface area contributed by atoms with E-state index in [-0.39, 0.29) is 0 Å². The number of benzene rings is 1. The first-order valence-corrected chi connectivity index (χ1v) is 9.58. The summed E-state index contributed by atoms with van der Waals surface area (Å²) >= 11 is 0. The van der Waals surface area contributed by atoms with Gasteiger partial charge in [-0.1, -0.05) is 31.2 Å². The molecule has 3 rings (SSSR count). The summed E-state index contributed by atoms with van der Waals surface area (Å²) in [7, 11) is 1.89. The second-order valence-corrected chi connectivity index (χ2v) is 7.30. The fourth-order valence-electron chi connectivity index (χ4n) is 3.75. The quantitative estimate of drug-likeness (QED) is 0.672. The Kier molecular flexibility index (Phi) is 6.70. The van der Waals surface area contributed by atoms with Gasteiger partial charge in [-0.3, -0.25) is 9.89 Å². The van der Waals surface area contributed by atoms with Gasteiger partial charge in [0.25, 0.3) is 0 Å². The smallest absolute Gasteiger partial charge is 0.193 e. The van der Waals surface area contributed by atoms with Crippen LogP contribution in [0.1, 0.15) is 30.9 Å². The van der Waals surface area contributed by atoms with E-state index in [1.807, 2.05) is 7.05 Å². The van der Waals surface area contributed by atoms with Gasteiger partial charge in [-0.25, -0.2) is 0 Å². The van der Waals surface area contributed by atoms with Crippen molar-refractivity contribution in [1.82, 2.24) is 15.1 Å². The van der Waals surface area contributed by atoms with Crippen molar-refractivity contribution in [1.29, 1.82) is 0 Å². The van der Waals surface area contributed by atoms with E-state index in [1.54, 1.807) is 0 Å². The zero-order valence-corrected chi connectivity index (χ0v) is 15.7. The maximum absolute atomic E-state index is 5.43. The summed E-state index contributed by atoms with van der Waals surface area (Å²) in [6.45, 7) is 10.2. The third-order valence-corrected chi connectivity index (χ3v) is 5.12. The highest BCUT2D eigenvalue weighted by atomic mass is 16.5. The maximum atomic E-state index is 5.43. The predicted octanol–water partition coefficient (Wildman–Crippen LogP) is 2.33. The van der Waals surface area contributed by atoms with Crippen LogP contribution in [0.4, 0.5) is 0 Å². The molecule has 1 N–H and O–H groups in total. The second-order valence-electron chi connectivity index (χ2n) is 7.30. The fourth-order valence-corrected chi connectivity index (χ4v) is 3.75. The Morgan fingerprint density at radius 3 is 2.80 bits per heavy atom. The molecular formula is C20H32N4O. The van der Waals surface area contributed by atoms with Crippen molar-refractivity contribution in [3.8, 4) is 0 Å². The molecular weight excluding hydrogens is 312 g/mol. The number of hydrogen-bond donors (Lipinski definition) is 1. The first-order valence-electron chi connectivity index (χ1n) is 9.58. The van der Waals surface area contributed by atoms with Crippen LogP contribution in [-0.2, 0) is 17.8 Å². The van der Waals surface area contributed by atoms with Crippen molar-refractivity contribution in [3.63, 3.8) is 0 Å². The van der Waals surface area contributed by atoms with Gasteiger partial charge in [-0.15, -0.1) is 0 Å². The SMILES string of the molecule is CN=C(NCc1cccc(CN2CCOCC2)c1)N1CCCC(C)C1. The molecule has 2 fully saturated rings. The maximum Gasteiger partial charge on any atom is 0.193 e. The van der Waals surface area contributed by atoms with Crippen LogP contribution >= 0.6 is 0 Å². The van der Waals surface area contributed by atoms with Crippen LogP contribution in [-0.4, -0.2) is 62.2 Å². The summed E-state index contributed by atoms with van der Waals surface area (Å²) in [5, 5.41) is 3.55. The Morgan fingerprint density at radius 1 is 1.24 bits per heavy atom. The minimum absolute atomic E-state index is 0.754. The molecule has 0 amide bonds. The standard InChI is InChI=1S/C20H32N4O/c1-17-5-4-8-24(15-17)20(21-2)22-14-18-6-3-7-19(13-18)16-23-9-11-25-12-10-23/h3,6-7,13,17H,4-5,8-12,14-16H2,1-2H3,(H,21,22). The van der Waals surface area contributed by atoms with Gasteiger partial charge in [-0.05, 0) is 29.9 Å². The zero-order chi connectivity index (χ0) is 17.5. The van der Waals surface area contributed by atoms with E-state index in [0.717, 1.165) is 64.4 Å². The molecule has 2 heterocycles. The average molecular weight is 345 g/mol. The number of aliphatic imine (C=N–C) groups is 1. The van der Waals surface area contributed by atoms with Crippen molar-refractivity contribution >= 4 is 5.96 Å². The Balaban J connectivity index is 1.54. The van der Waals surface area contributed by atoms with Crippen LogP contribution in [0.5, 0.6) is 0 Å². The Hall–Kier alpha value is -1.59. The van der Waals surface area contributed by atoms with E-state index in [0.29, 0.717) is 0 Å². The van der Waals surface area contributed by atoms with Crippen molar-refractivity contribution in [2.24, 2.45) is 10.9 Å². The molecule has 2 aliphatic heterocycles. The van der Waals surface area contributed by atoms with Crippen molar-refractivity contribution in [2.75, 3.05) is 46.4 Å². The number of nitrogens with zero attached hydrogens (tertiary/aromatic N) is 3. The Bertz CT molecular complexity index is 569. The lowest BCUT2D eigenvalue weighted by Gasteiger charge is -2.33. The number of ether oxygens (including phenoxy) is 1. The van der Waals surface area contributed by atoms with E-state index in [2.05, 4.69) is 51.3 Å². The summed E-state index contributed by atoms with van der Waals surface area (Å²) < 4.78 is 5.43. The normalized spacial score (nSPS) is 22.9. The van der Waals surface area contributed by atoms with Crippen LogP contribution in [0.2, 0.25) is 0 Å². The largest absolute Gasteiger partial charge is 0.379 e. The molecule has 2 saturated heterocycles. The number of rotatable bonds is 4. The molecule has 5 nitrogen and oxygen atoms in total. The molecule has 2 aliphatic rings. The average Bonchev–Trinajstić information content (AvgIpc) is 2.63. The molecule has 5 heteroatoms. The van der Waals surface area contributed by atoms with Crippen LogP contribution in [0.3, 0.4) is 0 Å². The lowest BCUT2D eigenvalue weighted by atomic mass is 10.0. The molecule has 1 unspecified atom stereocenters. The second kappa shape index (κ2) is 9.20. The van der Waals surface area contributed by atoms with E-state index >= 15 is 0 Å². The highest BCUT2D eigenvalue weighted by Gasteiger charge is 2.19. The van der Waals surface area contributed by atoms with Gasteiger partial charge in [0.2, 0.25) is 0 Å². The Labute approximate surface area is 152 Å². The summed E-state index contributed by atoms with van der Waals surface area (Å²) in [4.78, 5) is 9.34. The molecule has 1 aromatic carbocycles. The van der Waals surface area contributed by atoms with Gasteiger partial charge in [-0.2, -0.15) is 0 Å². The third-order valence-electron chi connectivity index (χ3n) is 5.12. The summed E-state index contributed by atoms with van der Waals surface area (Å²) in [6, 6.07) is 8.90. The molecule has 138 valence electrons. The number of likely N-dealkylation sites (tertiary alicyclic amines) is 1. The minimum atomic E-state index is 0.754. The number of piperidine rings is 1. The number of morpholine rings is 1. The zero-order valence-electron chi connectivity index (χ0n) is 15.7. The van der Waals surface area contributed by atoms with E-state index in [4.69, 9.17) is 4.74 Å². The summed E-state index contributed by atoms with van der Waals surface area (Å²) in [5.74, 6) is 1.79. The number of guanidine groups is 1. The van der Waals surface area contributed by atoms with Crippen LogP contribution in [0.15, 0.2) is 29.3 Å². The monoisotopic (exact) mass is 344 g/mol. The fraction of sp³-hybridized carbons (Fsp3) is 0.650. The molecule has 0 bridgehead atoms. The molecule has 0 spiro atoms. The number of hydrogen-bond acceptors (Lipinski definition) is 3. The van der Waals surface area contributed by atoms with Gasteiger partial charge in [0.1, 0.15) is 0 Å². The van der Waals surface area contributed by atoms with Crippen molar-refractivity contribution in [3.05, 3.63) is 35.4 Å². The van der Waals surface area contributed by atoms with E-state index in [1.165, 1.54) is 24.0 Å². The van der Waals surface area contributed by atoms with E-state index in [9.17, 15) is 0 Å². The van der Waals surface area contributed by atoms with Gasteiger partial charge in [0, 0.05) is 46.3 Å². The van der Waals surface area contributed by atoms with Gasteiger partial charge < -0.3 is 15.0 Å². The van der Waals surface area contributed by atoms with Crippen LogP contribution in [0, 0.1) is 5.92 Å². The molecule has 0 radical (unpaired) electrons. The summed E-state index contributed by atoms with van der Waals surface area (Å²) in [5.41, 5.74) is 2.69. The van der Waals surface area contributed by atoms with Gasteiger partial charge in [0.05, 0.1) is 13.2 Å². The lowest BCUT2D eigenvalue weighted by Crippen LogP contribution is -2.45. The summed E-state index contributed by atoms with van der Waals surface area (Å²) in [6.07, 6.45) is 2.59. The first kappa shape index (κ1) is 18.2. The lowest BCUT2D eigenvalue weighted by molar-refractivity contribution is 0.0342.